The summed E-state index contributed by atoms with van der Waals surface area (Å²) >= 11 is 5.89. The first-order valence-electron chi connectivity index (χ1n) is 7.62. The molecule has 9 heteroatoms. The summed E-state index contributed by atoms with van der Waals surface area (Å²) in [6.07, 6.45) is 6.90. The van der Waals surface area contributed by atoms with Crippen LogP contribution in [0.25, 0.3) is 0 Å². The maximum atomic E-state index is 13.2. The maximum Gasteiger partial charge on any atom is 0.243 e. The lowest BCUT2D eigenvalue weighted by Crippen LogP contribution is -2.40. The predicted octanol–water partition coefficient (Wildman–Crippen LogP) is 2.19. The lowest BCUT2D eigenvalue weighted by molar-refractivity contribution is 0.342. The second-order valence-corrected chi connectivity index (χ2v) is 8.02. The van der Waals surface area contributed by atoms with Crippen LogP contribution in [0.1, 0.15) is 22.9 Å². The number of nitrogens with one attached hydrogen (secondary N) is 1. The molecule has 128 valence electrons. The number of fused-ring (bicyclic) bond motifs is 1. The Morgan fingerprint density at radius 1 is 1.12 bits per heavy atom. The van der Waals surface area contributed by atoms with E-state index in [2.05, 4.69) is 20.2 Å². The summed E-state index contributed by atoms with van der Waals surface area (Å²) in [4.78, 5) is 8.27. The van der Waals surface area contributed by atoms with E-state index in [4.69, 9.17) is 11.6 Å². The van der Waals surface area contributed by atoms with E-state index in [1.807, 2.05) is 0 Å². The van der Waals surface area contributed by atoms with Gasteiger partial charge in [0.05, 0.1) is 17.1 Å². The van der Waals surface area contributed by atoms with Crippen molar-refractivity contribution in [1.29, 1.82) is 0 Å². The van der Waals surface area contributed by atoms with Gasteiger partial charge in [-0.05, 0) is 24.3 Å². The average molecular weight is 376 g/mol. The molecule has 25 heavy (non-hydrogen) atoms. The Bertz CT molecular complexity index is 989. The van der Waals surface area contributed by atoms with Crippen molar-refractivity contribution in [2.45, 2.75) is 17.4 Å². The first-order valence-corrected chi connectivity index (χ1v) is 9.43. The molecule has 3 heterocycles. The number of hydrogen-bond donors (Lipinski definition) is 1. The monoisotopic (exact) mass is 375 g/mol. The highest BCUT2D eigenvalue weighted by Crippen LogP contribution is 2.37. The van der Waals surface area contributed by atoms with E-state index in [0.717, 1.165) is 11.3 Å². The Morgan fingerprint density at radius 3 is 2.56 bits per heavy atom. The summed E-state index contributed by atoms with van der Waals surface area (Å²) < 4.78 is 27.9. The Labute approximate surface area is 149 Å². The Kier molecular flexibility index (Phi) is 4.03. The Hall–Kier alpha value is -2.29. The SMILES string of the molecule is O=S(=O)(c1ccc(Cl)cc1)N1CCc2[nH]ncc2[C@@H]1c1cncnc1. The molecular weight excluding hydrogens is 362 g/mol. The second-order valence-electron chi connectivity index (χ2n) is 5.70. The van der Waals surface area contributed by atoms with Crippen molar-refractivity contribution >= 4 is 21.6 Å². The zero-order chi connectivity index (χ0) is 17.4. The fourth-order valence-corrected chi connectivity index (χ4v) is 4.78. The van der Waals surface area contributed by atoms with Crippen molar-refractivity contribution in [1.82, 2.24) is 24.5 Å². The smallest absolute Gasteiger partial charge is 0.243 e. The molecule has 0 amide bonds. The van der Waals surface area contributed by atoms with Gasteiger partial charge in [0, 0.05) is 47.2 Å². The Balaban J connectivity index is 1.84. The van der Waals surface area contributed by atoms with Crippen LogP contribution in [0, 0.1) is 0 Å². The zero-order valence-electron chi connectivity index (χ0n) is 13.0. The number of hydrogen-bond acceptors (Lipinski definition) is 5. The third-order valence-corrected chi connectivity index (χ3v) is 6.36. The van der Waals surface area contributed by atoms with Gasteiger partial charge in [0.15, 0.2) is 0 Å². The van der Waals surface area contributed by atoms with Crippen molar-refractivity contribution in [2.75, 3.05) is 6.54 Å². The molecule has 0 spiro atoms. The van der Waals surface area contributed by atoms with Crippen LogP contribution in [0.2, 0.25) is 5.02 Å². The number of aromatic nitrogens is 4. The molecule has 7 nitrogen and oxygen atoms in total. The highest BCUT2D eigenvalue weighted by Gasteiger charge is 2.38. The first kappa shape index (κ1) is 16.2. The van der Waals surface area contributed by atoms with Crippen LogP contribution in [-0.4, -0.2) is 39.4 Å². The average Bonchev–Trinajstić information content (AvgIpc) is 3.10. The van der Waals surface area contributed by atoms with Crippen LogP contribution in [0.5, 0.6) is 0 Å². The molecule has 2 aromatic heterocycles. The Morgan fingerprint density at radius 2 is 1.84 bits per heavy atom. The quantitative estimate of drug-likeness (QED) is 0.757. The number of H-pyrrole nitrogens is 1. The van der Waals surface area contributed by atoms with Gasteiger partial charge in [-0.2, -0.15) is 9.40 Å². The summed E-state index contributed by atoms with van der Waals surface area (Å²) in [5.74, 6) is 0. The van der Waals surface area contributed by atoms with Crippen LogP contribution in [0.3, 0.4) is 0 Å². The van der Waals surface area contributed by atoms with Gasteiger partial charge in [-0.1, -0.05) is 11.6 Å². The summed E-state index contributed by atoms with van der Waals surface area (Å²) in [6.45, 7) is 0.333. The minimum atomic E-state index is -3.72. The number of aromatic amines is 1. The van der Waals surface area contributed by atoms with Crippen molar-refractivity contribution in [3.63, 3.8) is 0 Å². The van der Waals surface area contributed by atoms with E-state index in [9.17, 15) is 8.42 Å². The molecule has 0 unspecified atom stereocenters. The standard InChI is InChI=1S/C16H14ClN5O2S/c17-12-1-3-13(4-2-12)25(23,24)22-6-5-15-14(9-20-21-15)16(22)11-7-18-10-19-8-11/h1-4,7-10,16H,5-6H2,(H,20,21)/t16-/m0/s1. The van der Waals surface area contributed by atoms with Crippen LogP contribution < -0.4 is 0 Å². The number of halogens is 1. The summed E-state index contributed by atoms with van der Waals surface area (Å²) in [7, 11) is -3.72. The minimum absolute atomic E-state index is 0.200. The molecule has 0 radical (unpaired) electrons. The van der Waals surface area contributed by atoms with E-state index >= 15 is 0 Å². The van der Waals surface area contributed by atoms with Gasteiger partial charge in [0.1, 0.15) is 6.33 Å². The third kappa shape index (κ3) is 2.82. The van der Waals surface area contributed by atoms with Gasteiger partial charge in [-0.3, -0.25) is 5.10 Å². The van der Waals surface area contributed by atoms with E-state index in [1.54, 1.807) is 30.7 Å². The molecule has 0 saturated heterocycles. The van der Waals surface area contributed by atoms with E-state index in [-0.39, 0.29) is 4.90 Å². The first-order chi connectivity index (χ1) is 12.1. The lowest BCUT2D eigenvalue weighted by Gasteiger charge is -2.34. The molecule has 1 aromatic carbocycles. The van der Waals surface area contributed by atoms with E-state index < -0.39 is 16.1 Å². The second kappa shape index (κ2) is 6.21. The molecule has 1 aliphatic rings. The fourth-order valence-electron chi connectivity index (χ4n) is 3.06. The normalized spacial score (nSPS) is 18.0. The molecule has 0 bridgehead atoms. The van der Waals surface area contributed by atoms with Crippen molar-refractivity contribution in [3.8, 4) is 0 Å². The molecular formula is C16H14ClN5O2S. The van der Waals surface area contributed by atoms with E-state index in [1.165, 1.54) is 22.8 Å². The summed E-state index contributed by atoms with van der Waals surface area (Å²) in [5.41, 5.74) is 2.44. The highest BCUT2D eigenvalue weighted by atomic mass is 35.5. The minimum Gasteiger partial charge on any atom is -0.282 e. The van der Waals surface area contributed by atoms with Crippen molar-refractivity contribution in [2.24, 2.45) is 0 Å². The zero-order valence-corrected chi connectivity index (χ0v) is 14.6. The van der Waals surface area contributed by atoms with Gasteiger partial charge >= 0.3 is 0 Å². The fraction of sp³-hybridized carbons (Fsp3) is 0.188. The molecule has 1 N–H and O–H groups in total. The molecule has 4 rings (SSSR count). The molecule has 1 atom stereocenters. The largest absolute Gasteiger partial charge is 0.282 e. The van der Waals surface area contributed by atoms with E-state index in [0.29, 0.717) is 23.6 Å². The summed E-state index contributed by atoms with van der Waals surface area (Å²) in [5, 5.41) is 7.51. The topological polar surface area (TPSA) is 91.8 Å². The number of benzene rings is 1. The summed E-state index contributed by atoms with van der Waals surface area (Å²) in [6, 6.07) is 5.65. The maximum absolute atomic E-state index is 13.2. The lowest BCUT2D eigenvalue weighted by atomic mass is 9.97. The third-order valence-electron chi connectivity index (χ3n) is 4.23. The van der Waals surface area contributed by atoms with Crippen LogP contribution in [0.15, 0.2) is 54.1 Å². The van der Waals surface area contributed by atoms with Crippen molar-refractivity contribution < 1.29 is 8.42 Å². The molecule has 0 aliphatic carbocycles. The number of rotatable bonds is 3. The molecule has 3 aromatic rings. The van der Waals surface area contributed by atoms with Gasteiger partial charge in [-0.15, -0.1) is 0 Å². The van der Waals surface area contributed by atoms with Gasteiger partial charge < -0.3 is 0 Å². The molecule has 1 aliphatic heterocycles. The van der Waals surface area contributed by atoms with Crippen LogP contribution >= 0.6 is 11.6 Å². The van der Waals surface area contributed by atoms with Gasteiger partial charge in [-0.25, -0.2) is 18.4 Å². The molecule has 0 saturated carbocycles. The van der Waals surface area contributed by atoms with Crippen LogP contribution in [-0.2, 0) is 16.4 Å². The van der Waals surface area contributed by atoms with Crippen molar-refractivity contribution in [3.05, 3.63) is 71.0 Å². The highest BCUT2D eigenvalue weighted by molar-refractivity contribution is 7.89. The van der Waals surface area contributed by atoms with Gasteiger partial charge in [0.25, 0.3) is 0 Å². The van der Waals surface area contributed by atoms with Gasteiger partial charge in [0.2, 0.25) is 10.0 Å². The van der Waals surface area contributed by atoms with Crippen LogP contribution in [0.4, 0.5) is 0 Å². The molecule has 0 fully saturated rings. The predicted molar refractivity (Wildman–Crippen MR) is 91.5 cm³/mol. The number of sulfonamides is 1. The number of nitrogens with zero attached hydrogens (tertiary/aromatic N) is 4.